The second-order valence-electron chi connectivity index (χ2n) is 4.42. The molecule has 0 aliphatic carbocycles. The molecule has 0 bridgehead atoms. The van der Waals surface area contributed by atoms with Gasteiger partial charge in [-0.2, -0.15) is 4.52 Å². The molecular weight excluding hydrogens is 268 g/mol. The minimum absolute atomic E-state index is 0.261. The highest BCUT2D eigenvalue weighted by Crippen LogP contribution is 2.22. The molecule has 0 saturated carbocycles. The van der Waals surface area contributed by atoms with Crippen LogP contribution in [-0.4, -0.2) is 24.6 Å². The Morgan fingerprint density at radius 3 is 2.86 bits per heavy atom. The van der Waals surface area contributed by atoms with Crippen molar-refractivity contribution in [3.05, 3.63) is 49.0 Å². The number of rotatable bonds is 2. The number of nitrogen functional groups attached to an aromatic ring is 1. The summed E-state index contributed by atoms with van der Waals surface area (Å²) in [4.78, 5) is 12.8. The Balaban J connectivity index is 1.90. The van der Waals surface area contributed by atoms with E-state index in [1.54, 1.807) is 30.8 Å². The van der Waals surface area contributed by atoms with Crippen LogP contribution in [0.1, 0.15) is 0 Å². The van der Waals surface area contributed by atoms with Gasteiger partial charge in [-0.05, 0) is 24.3 Å². The fourth-order valence-electron chi connectivity index (χ4n) is 2.08. The fraction of sp³-hybridized carbons (Fsp3) is 0. The molecular formula is C14H10N6O. The largest absolute Gasteiger partial charge is 0.461 e. The van der Waals surface area contributed by atoms with Crippen molar-refractivity contribution in [2.75, 3.05) is 5.73 Å². The molecule has 4 aromatic heterocycles. The molecule has 7 heteroatoms. The predicted octanol–water partition coefficient (Wildman–Crippen LogP) is 2.03. The summed E-state index contributed by atoms with van der Waals surface area (Å²) in [6.45, 7) is 0. The number of nitrogens with zero attached hydrogens (tertiary/aromatic N) is 5. The van der Waals surface area contributed by atoms with Crippen molar-refractivity contribution in [3.8, 4) is 22.8 Å². The normalized spacial score (nSPS) is 11.0. The second-order valence-corrected chi connectivity index (χ2v) is 4.42. The van der Waals surface area contributed by atoms with Crippen LogP contribution in [-0.2, 0) is 0 Å². The summed E-state index contributed by atoms with van der Waals surface area (Å²) in [5, 5.41) is 4.30. The lowest BCUT2D eigenvalue weighted by atomic mass is 10.2. The first-order valence-electron chi connectivity index (χ1n) is 6.29. The number of hydrogen-bond donors (Lipinski definition) is 1. The molecule has 4 rings (SSSR count). The maximum absolute atomic E-state index is 5.96. The first-order valence-corrected chi connectivity index (χ1v) is 6.29. The smallest absolute Gasteiger partial charge is 0.223 e. The van der Waals surface area contributed by atoms with Crippen molar-refractivity contribution < 1.29 is 4.42 Å². The molecule has 102 valence electrons. The average molecular weight is 278 g/mol. The summed E-state index contributed by atoms with van der Waals surface area (Å²) < 4.78 is 6.78. The van der Waals surface area contributed by atoms with Gasteiger partial charge in [0.1, 0.15) is 0 Å². The van der Waals surface area contributed by atoms with Crippen molar-refractivity contribution in [1.29, 1.82) is 0 Å². The molecule has 7 nitrogen and oxygen atoms in total. The summed E-state index contributed by atoms with van der Waals surface area (Å²) in [7, 11) is 0. The minimum atomic E-state index is 0.261. The summed E-state index contributed by atoms with van der Waals surface area (Å²) in [5.74, 6) is 1.31. The van der Waals surface area contributed by atoms with Crippen molar-refractivity contribution in [2.24, 2.45) is 0 Å². The van der Waals surface area contributed by atoms with Gasteiger partial charge in [-0.1, -0.05) is 0 Å². The van der Waals surface area contributed by atoms with Gasteiger partial charge in [-0.3, -0.25) is 4.98 Å². The number of furan rings is 1. The zero-order valence-corrected chi connectivity index (χ0v) is 10.8. The summed E-state index contributed by atoms with van der Waals surface area (Å²) >= 11 is 0. The molecule has 0 amide bonds. The van der Waals surface area contributed by atoms with Gasteiger partial charge < -0.3 is 10.2 Å². The standard InChI is InChI=1S/C14H10N6O/c15-14-17-10(9-3-1-5-16-8-9)7-12-18-13(19-20(12)14)11-4-2-6-21-11/h1-8H,(H2,15,17). The number of nitrogens with two attached hydrogens (primary N) is 1. The lowest BCUT2D eigenvalue weighted by Crippen LogP contribution is -2.03. The topological polar surface area (TPSA) is 95.1 Å². The second kappa shape index (κ2) is 4.41. The zero-order chi connectivity index (χ0) is 14.2. The Bertz CT molecular complexity index is 898. The number of pyridine rings is 1. The lowest BCUT2D eigenvalue weighted by molar-refractivity contribution is 0.577. The Hall–Kier alpha value is -3.22. The van der Waals surface area contributed by atoms with Gasteiger partial charge in [0.15, 0.2) is 11.4 Å². The molecule has 0 aromatic carbocycles. The van der Waals surface area contributed by atoms with Gasteiger partial charge >= 0.3 is 0 Å². The van der Waals surface area contributed by atoms with E-state index in [2.05, 4.69) is 20.1 Å². The highest BCUT2D eigenvalue weighted by Gasteiger charge is 2.13. The Kier molecular flexibility index (Phi) is 2.43. The van der Waals surface area contributed by atoms with Crippen LogP contribution in [0.15, 0.2) is 53.4 Å². The van der Waals surface area contributed by atoms with Crippen molar-refractivity contribution in [1.82, 2.24) is 24.6 Å². The van der Waals surface area contributed by atoms with Crippen LogP contribution in [0.5, 0.6) is 0 Å². The molecule has 0 atom stereocenters. The third kappa shape index (κ3) is 1.91. The quantitative estimate of drug-likeness (QED) is 0.602. The first-order chi connectivity index (χ1) is 10.3. The molecule has 2 N–H and O–H groups in total. The Labute approximate surface area is 119 Å². The van der Waals surface area contributed by atoms with Gasteiger partial charge in [0.2, 0.25) is 11.8 Å². The average Bonchev–Trinajstić information content (AvgIpc) is 3.17. The molecule has 0 spiro atoms. The lowest BCUT2D eigenvalue weighted by Gasteiger charge is -2.02. The molecule has 4 aromatic rings. The minimum Gasteiger partial charge on any atom is -0.461 e. The van der Waals surface area contributed by atoms with Crippen molar-refractivity contribution in [2.45, 2.75) is 0 Å². The summed E-state index contributed by atoms with van der Waals surface area (Å²) in [6, 6.07) is 9.14. The number of hydrogen-bond acceptors (Lipinski definition) is 6. The van der Waals surface area contributed by atoms with E-state index < -0.39 is 0 Å². The number of fused-ring (bicyclic) bond motifs is 1. The van der Waals surface area contributed by atoms with E-state index in [1.807, 2.05) is 18.2 Å². The van der Waals surface area contributed by atoms with E-state index in [1.165, 1.54) is 4.52 Å². The Morgan fingerprint density at radius 1 is 1.14 bits per heavy atom. The van der Waals surface area contributed by atoms with Gasteiger partial charge in [0.25, 0.3) is 0 Å². The maximum atomic E-state index is 5.96. The van der Waals surface area contributed by atoms with Crippen LogP contribution in [0, 0.1) is 0 Å². The predicted molar refractivity (Wildman–Crippen MR) is 76.1 cm³/mol. The fourth-order valence-corrected chi connectivity index (χ4v) is 2.08. The van der Waals surface area contributed by atoms with Crippen LogP contribution >= 0.6 is 0 Å². The van der Waals surface area contributed by atoms with Gasteiger partial charge in [0, 0.05) is 24.0 Å². The number of anilines is 1. The molecule has 0 saturated heterocycles. The van der Waals surface area contributed by atoms with Crippen LogP contribution < -0.4 is 5.73 Å². The third-order valence-electron chi connectivity index (χ3n) is 3.05. The first kappa shape index (κ1) is 11.6. The molecule has 0 aliphatic heterocycles. The van der Waals surface area contributed by atoms with E-state index in [0.717, 1.165) is 5.56 Å². The molecule has 0 aliphatic rings. The highest BCUT2D eigenvalue weighted by atomic mass is 16.3. The van der Waals surface area contributed by atoms with E-state index in [4.69, 9.17) is 10.2 Å². The molecule has 21 heavy (non-hydrogen) atoms. The van der Waals surface area contributed by atoms with E-state index in [0.29, 0.717) is 22.9 Å². The van der Waals surface area contributed by atoms with E-state index >= 15 is 0 Å². The SMILES string of the molecule is Nc1nc(-c2cccnc2)cc2nc(-c3ccco3)nn12. The monoisotopic (exact) mass is 278 g/mol. The Morgan fingerprint density at radius 2 is 2.10 bits per heavy atom. The van der Waals surface area contributed by atoms with Gasteiger partial charge in [0.05, 0.1) is 12.0 Å². The zero-order valence-electron chi connectivity index (χ0n) is 10.8. The van der Waals surface area contributed by atoms with Crippen LogP contribution in [0.4, 0.5) is 5.95 Å². The molecule has 0 unspecified atom stereocenters. The molecule has 4 heterocycles. The van der Waals surface area contributed by atoms with Crippen LogP contribution in [0.2, 0.25) is 0 Å². The molecule has 0 radical (unpaired) electrons. The molecule has 0 fully saturated rings. The number of aromatic nitrogens is 5. The van der Waals surface area contributed by atoms with E-state index in [-0.39, 0.29) is 5.95 Å². The van der Waals surface area contributed by atoms with Crippen LogP contribution in [0.25, 0.3) is 28.5 Å². The summed E-state index contributed by atoms with van der Waals surface area (Å²) in [6.07, 6.45) is 5.00. The van der Waals surface area contributed by atoms with Gasteiger partial charge in [-0.15, -0.1) is 5.10 Å². The third-order valence-corrected chi connectivity index (χ3v) is 3.05. The van der Waals surface area contributed by atoms with Crippen molar-refractivity contribution >= 4 is 11.6 Å². The van der Waals surface area contributed by atoms with Gasteiger partial charge in [-0.25, -0.2) is 9.97 Å². The van der Waals surface area contributed by atoms with Crippen LogP contribution in [0.3, 0.4) is 0 Å². The summed E-state index contributed by atoms with van der Waals surface area (Å²) in [5.41, 5.74) is 8.13. The maximum Gasteiger partial charge on any atom is 0.223 e. The highest BCUT2D eigenvalue weighted by molar-refractivity contribution is 5.65. The van der Waals surface area contributed by atoms with Crippen molar-refractivity contribution in [3.63, 3.8) is 0 Å². The van der Waals surface area contributed by atoms with E-state index in [9.17, 15) is 0 Å².